The number of nitrogens with zero attached hydrogens (tertiary/aromatic N) is 2. The van der Waals surface area contributed by atoms with E-state index in [2.05, 4.69) is 29.2 Å². The average molecular weight is 305 g/mol. The van der Waals surface area contributed by atoms with Gasteiger partial charge in [0.1, 0.15) is 5.82 Å². The van der Waals surface area contributed by atoms with Crippen molar-refractivity contribution in [1.82, 2.24) is 4.98 Å². The summed E-state index contributed by atoms with van der Waals surface area (Å²) >= 11 is 6.04. The third-order valence-corrected chi connectivity index (χ3v) is 4.51. The first-order valence-electron chi connectivity index (χ1n) is 7.50. The van der Waals surface area contributed by atoms with E-state index in [1.807, 2.05) is 6.20 Å². The van der Waals surface area contributed by atoms with Crippen LogP contribution in [0, 0.1) is 5.92 Å². The molecule has 1 unspecified atom stereocenters. The molecule has 0 spiro atoms. The lowest BCUT2D eigenvalue weighted by Crippen LogP contribution is -2.37. The Bertz CT molecular complexity index is 615. The van der Waals surface area contributed by atoms with Gasteiger partial charge in [0, 0.05) is 37.7 Å². The number of benzene rings is 1. The van der Waals surface area contributed by atoms with Crippen molar-refractivity contribution in [2.45, 2.75) is 18.7 Å². The van der Waals surface area contributed by atoms with Gasteiger partial charge in [-0.25, -0.2) is 4.98 Å². The Balaban J connectivity index is 1.97. The second kappa shape index (κ2) is 6.63. The average Bonchev–Trinajstić information content (AvgIpc) is 2.54. The van der Waals surface area contributed by atoms with Crippen molar-refractivity contribution >= 4 is 28.2 Å². The zero-order valence-corrected chi connectivity index (χ0v) is 13.1. The molecule has 21 heavy (non-hydrogen) atoms. The van der Waals surface area contributed by atoms with Crippen LogP contribution in [0.15, 0.2) is 30.5 Å². The number of halogens is 1. The Morgan fingerprint density at radius 3 is 2.90 bits per heavy atom. The highest BCUT2D eigenvalue weighted by atomic mass is 35.5. The molecule has 0 bridgehead atoms. The third kappa shape index (κ3) is 2.99. The second-order valence-electron chi connectivity index (χ2n) is 5.70. The van der Waals surface area contributed by atoms with Gasteiger partial charge in [-0.3, -0.25) is 0 Å². The van der Waals surface area contributed by atoms with Crippen LogP contribution in [0.25, 0.3) is 10.8 Å². The Morgan fingerprint density at radius 1 is 1.33 bits per heavy atom. The number of rotatable bonds is 4. The SMILES string of the molecule is COCC1CCCN(c2ncc(CCl)c3ccccc23)C1. The van der Waals surface area contributed by atoms with Crippen LogP contribution in [-0.2, 0) is 10.6 Å². The van der Waals surface area contributed by atoms with E-state index in [-0.39, 0.29) is 0 Å². The topological polar surface area (TPSA) is 25.4 Å². The molecule has 112 valence electrons. The highest BCUT2D eigenvalue weighted by Gasteiger charge is 2.22. The number of pyridine rings is 1. The summed E-state index contributed by atoms with van der Waals surface area (Å²) in [6.45, 7) is 2.91. The molecular formula is C17H21ClN2O. The predicted molar refractivity (Wildman–Crippen MR) is 88.1 cm³/mol. The zero-order valence-electron chi connectivity index (χ0n) is 12.4. The number of aromatic nitrogens is 1. The molecule has 0 aliphatic carbocycles. The lowest BCUT2D eigenvalue weighted by Gasteiger charge is -2.34. The molecule has 1 aromatic carbocycles. The molecule has 1 aliphatic rings. The fraction of sp³-hybridized carbons (Fsp3) is 0.471. The van der Waals surface area contributed by atoms with Crippen molar-refractivity contribution in [3.63, 3.8) is 0 Å². The highest BCUT2D eigenvalue weighted by Crippen LogP contribution is 2.30. The van der Waals surface area contributed by atoms with Gasteiger partial charge in [-0.05, 0) is 29.7 Å². The van der Waals surface area contributed by atoms with Gasteiger partial charge in [0.25, 0.3) is 0 Å². The number of piperidine rings is 1. The monoisotopic (exact) mass is 304 g/mol. The first-order valence-corrected chi connectivity index (χ1v) is 8.03. The normalized spacial score (nSPS) is 19.1. The van der Waals surface area contributed by atoms with Gasteiger partial charge in [0.2, 0.25) is 0 Å². The minimum Gasteiger partial charge on any atom is -0.384 e. The summed E-state index contributed by atoms with van der Waals surface area (Å²) in [5.41, 5.74) is 1.10. The molecule has 3 rings (SSSR count). The second-order valence-corrected chi connectivity index (χ2v) is 5.96. The van der Waals surface area contributed by atoms with Crippen LogP contribution < -0.4 is 4.90 Å². The van der Waals surface area contributed by atoms with Crippen LogP contribution >= 0.6 is 11.6 Å². The van der Waals surface area contributed by atoms with Crippen LogP contribution in [0.3, 0.4) is 0 Å². The van der Waals surface area contributed by atoms with Gasteiger partial charge in [-0.2, -0.15) is 0 Å². The summed E-state index contributed by atoms with van der Waals surface area (Å²) in [6.07, 6.45) is 4.36. The van der Waals surface area contributed by atoms with Crippen molar-refractivity contribution in [1.29, 1.82) is 0 Å². The Hall–Kier alpha value is -1.32. The van der Waals surface area contributed by atoms with E-state index in [0.717, 1.165) is 31.1 Å². The van der Waals surface area contributed by atoms with E-state index in [0.29, 0.717) is 11.8 Å². The van der Waals surface area contributed by atoms with Gasteiger partial charge in [0.05, 0.1) is 6.61 Å². The van der Waals surface area contributed by atoms with Crippen LogP contribution in [0.5, 0.6) is 0 Å². The van der Waals surface area contributed by atoms with E-state index in [4.69, 9.17) is 21.3 Å². The highest BCUT2D eigenvalue weighted by molar-refractivity contribution is 6.18. The Labute approximate surface area is 130 Å². The minimum absolute atomic E-state index is 0.500. The van der Waals surface area contributed by atoms with Crippen molar-refractivity contribution in [3.8, 4) is 0 Å². The third-order valence-electron chi connectivity index (χ3n) is 4.22. The first kappa shape index (κ1) is 14.6. The van der Waals surface area contributed by atoms with Gasteiger partial charge < -0.3 is 9.64 Å². The largest absolute Gasteiger partial charge is 0.384 e. The van der Waals surface area contributed by atoms with Crippen molar-refractivity contribution in [3.05, 3.63) is 36.0 Å². The summed E-state index contributed by atoms with van der Waals surface area (Å²) in [7, 11) is 1.78. The van der Waals surface area contributed by atoms with Crippen LogP contribution in [0.1, 0.15) is 18.4 Å². The van der Waals surface area contributed by atoms with Crippen LogP contribution in [0.4, 0.5) is 5.82 Å². The van der Waals surface area contributed by atoms with E-state index in [9.17, 15) is 0 Å². The summed E-state index contributed by atoms with van der Waals surface area (Å²) in [6, 6.07) is 8.41. The molecule has 1 atom stereocenters. The van der Waals surface area contributed by atoms with E-state index in [1.54, 1.807) is 7.11 Å². The van der Waals surface area contributed by atoms with E-state index in [1.165, 1.54) is 23.6 Å². The fourth-order valence-electron chi connectivity index (χ4n) is 3.22. The smallest absolute Gasteiger partial charge is 0.136 e. The lowest BCUT2D eigenvalue weighted by atomic mass is 9.98. The molecule has 0 radical (unpaired) electrons. The number of hydrogen-bond acceptors (Lipinski definition) is 3. The Kier molecular flexibility index (Phi) is 4.61. The van der Waals surface area contributed by atoms with E-state index >= 15 is 0 Å². The number of fused-ring (bicyclic) bond motifs is 1. The van der Waals surface area contributed by atoms with Gasteiger partial charge in [-0.15, -0.1) is 11.6 Å². The molecule has 0 saturated carbocycles. The number of methoxy groups -OCH3 is 1. The molecule has 1 aromatic heterocycles. The van der Waals surface area contributed by atoms with Gasteiger partial charge in [0.15, 0.2) is 0 Å². The van der Waals surface area contributed by atoms with E-state index < -0.39 is 0 Å². The minimum atomic E-state index is 0.500. The molecule has 0 amide bonds. The van der Waals surface area contributed by atoms with Crippen molar-refractivity contribution in [2.75, 3.05) is 31.7 Å². The number of alkyl halides is 1. The molecule has 2 heterocycles. The maximum atomic E-state index is 6.04. The van der Waals surface area contributed by atoms with Gasteiger partial charge in [-0.1, -0.05) is 24.3 Å². The molecule has 4 heteroatoms. The van der Waals surface area contributed by atoms with Crippen molar-refractivity contribution in [2.24, 2.45) is 5.92 Å². The first-order chi connectivity index (χ1) is 10.3. The quantitative estimate of drug-likeness (QED) is 0.803. The maximum absolute atomic E-state index is 6.04. The number of hydrogen-bond donors (Lipinski definition) is 0. The summed E-state index contributed by atoms with van der Waals surface area (Å²) in [4.78, 5) is 7.09. The lowest BCUT2D eigenvalue weighted by molar-refractivity contribution is 0.143. The van der Waals surface area contributed by atoms with Crippen molar-refractivity contribution < 1.29 is 4.74 Å². The number of ether oxygens (including phenoxy) is 1. The fourth-order valence-corrected chi connectivity index (χ4v) is 3.44. The summed E-state index contributed by atoms with van der Waals surface area (Å²) in [5.74, 6) is 2.18. The standard InChI is InChI=1S/C17H21ClN2O/c1-21-12-13-5-4-8-20(11-13)17-16-7-3-2-6-15(16)14(9-18)10-19-17/h2-3,6-7,10,13H,4-5,8-9,11-12H2,1H3. The molecule has 3 nitrogen and oxygen atoms in total. The molecule has 2 aromatic rings. The van der Waals surface area contributed by atoms with Gasteiger partial charge >= 0.3 is 0 Å². The molecule has 1 aliphatic heterocycles. The summed E-state index contributed by atoms with van der Waals surface area (Å²) in [5, 5.41) is 2.42. The number of anilines is 1. The zero-order chi connectivity index (χ0) is 14.7. The summed E-state index contributed by atoms with van der Waals surface area (Å²) < 4.78 is 5.32. The molecular weight excluding hydrogens is 284 g/mol. The molecule has 0 N–H and O–H groups in total. The van der Waals surface area contributed by atoms with Crippen LogP contribution in [0.2, 0.25) is 0 Å². The molecule has 1 saturated heterocycles. The Morgan fingerprint density at radius 2 is 2.14 bits per heavy atom. The van der Waals surface area contributed by atoms with Crippen LogP contribution in [-0.4, -0.2) is 31.8 Å². The molecule has 1 fully saturated rings. The maximum Gasteiger partial charge on any atom is 0.136 e. The predicted octanol–water partition coefficient (Wildman–Crippen LogP) is 3.84.